The maximum Gasteiger partial charge on any atom is 0.335 e. The molecule has 6 heteroatoms. The standard InChI is InChI=1S/C22H26N2O4/c1-14(2)19(23-20(25)17-9-5-15(3)6-10-17)21(26)24(4)13-16-7-11-18(12-8-16)22(27)28/h5-12,14,19H,13H2,1-4H3,(H,23,25)(H,27,28). The molecule has 2 N–H and O–H groups in total. The number of rotatable bonds is 7. The van der Waals surface area contributed by atoms with Gasteiger partial charge in [0.15, 0.2) is 0 Å². The molecule has 0 spiro atoms. The fourth-order valence-electron chi connectivity index (χ4n) is 2.79. The molecule has 0 fully saturated rings. The van der Waals surface area contributed by atoms with E-state index >= 15 is 0 Å². The molecule has 0 saturated carbocycles. The van der Waals surface area contributed by atoms with Gasteiger partial charge in [0.25, 0.3) is 5.91 Å². The van der Waals surface area contributed by atoms with Crippen LogP contribution >= 0.6 is 0 Å². The van der Waals surface area contributed by atoms with Crippen molar-refractivity contribution in [2.75, 3.05) is 7.05 Å². The number of benzene rings is 2. The monoisotopic (exact) mass is 382 g/mol. The van der Waals surface area contributed by atoms with Gasteiger partial charge in [0.2, 0.25) is 5.91 Å². The molecule has 0 aliphatic heterocycles. The van der Waals surface area contributed by atoms with E-state index in [4.69, 9.17) is 5.11 Å². The van der Waals surface area contributed by atoms with Crippen LogP contribution in [0.25, 0.3) is 0 Å². The molecule has 2 aromatic carbocycles. The highest BCUT2D eigenvalue weighted by Crippen LogP contribution is 2.12. The molecule has 28 heavy (non-hydrogen) atoms. The number of aryl methyl sites for hydroxylation is 1. The van der Waals surface area contributed by atoms with Crippen molar-refractivity contribution >= 4 is 17.8 Å². The van der Waals surface area contributed by atoms with Crippen molar-refractivity contribution in [3.05, 3.63) is 70.8 Å². The van der Waals surface area contributed by atoms with E-state index < -0.39 is 12.0 Å². The third-order valence-corrected chi connectivity index (χ3v) is 4.53. The van der Waals surface area contributed by atoms with Crippen molar-refractivity contribution in [1.82, 2.24) is 10.2 Å². The summed E-state index contributed by atoms with van der Waals surface area (Å²) in [6.45, 7) is 6.03. The molecule has 0 aliphatic carbocycles. The zero-order valence-electron chi connectivity index (χ0n) is 16.6. The van der Waals surface area contributed by atoms with Crippen LogP contribution in [-0.2, 0) is 11.3 Å². The highest BCUT2D eigenvalue weighted by Gasteiger charge is 2.27. The van der Waals surface area contributed by atoms with Crippen LogP contribution in [0.3, 0.4) is 0 Å². The van der Waals surface area contributed by atoms with Gasteiger partial charge in [-0.1, -0.05) is 43.7 Å². The summed E-state index contributed by atoms with van der Waals surface area (Å²) in [4.78, 5) is 37.9. The number of amides is 2. The molecule has 2 aromatic rings. The summed E-state index contributed by atoms with van der Waals surface area (Å²) in [5, 5.41) is 11.8. The van der Waals surface area contributed by atoms with Gasteiger partial charge in [-0.25, -0.2) is 4.79 Å². The zero-order chi connectivity index (χ0) is 20.8. The second-order valence-corrected chi connectivity index (χ2v) is 7.26. The lowest BCUT2D eigenvalue weighted by atomic mass is 10.0. The van der Waals surface area contributed by atoms with Crippen LogP contribution in [0, 0.1) is 12.8 Å². The summed E-state index contributed by atoms with van der Waals surface area (Å²) in [5.41, 5.74) is 2.58. The van der Waals surface area contributed by atoms with Crippen LogP contribution in [0.5, 0.6) is 0 Å². The van der Waals surface area contributed by atoms with Crippen LogP contribution in [0.1, 0.15) is 45.7 Å². The molecular formula is C22H26N2O4. The van der Waals surface area contributed by atoms with E-state index in [1.165, 1.54) is 17.0 Å². The number of carbonyl (C=O) groups is 3. The van der Waals surface area contributed by atoms with Crippen molar-refractivity contribution in [2.45, 2.75) is 33.4 Å². The Morgan fingerprint density at radius 3 is 2.00 bits per heavy atom. The van der Waals surface area contributed by atoms with E-state index in [1.54, 1.807) is 31.3 Å². The first-order chi connectivity index (χ1) is 13.2. The highest BCUT2D eigenvalue weighted by atomic mass is 16.4. The van der Waals surface area contributed by atoms with Gasteiger partial charge in [0.05, 0.1) is 5.56 Å². The Hall–Kier alpha value is -3.15. The first-order valence-corrected chi connectivity index (χ1v) is 9.13. The molecule has 0 aliphatic rings. The van der Waals surface area contributed by atoms with E-state index in [9.17, 15) is 14.4 Å². The van der Waals surface area contributed by atoms with Gasteiger partial charge in [0, 0.05) is 19.2 Å². The Labute approximate surface area is 165 Å². The van der Waals surface area contributed by atoms with Gasteiger partial charge in [-0.3, -0.25) is 9.59 Å². The van der Waals surface area contributed by atoms with Gasteiger partial charge in [-0.2, -0.15) is 0 Å². The largest absolute Gasteiger partial charge is 0.478 e. The summed E-state index contributed by atoms with van der Waals surface area (Å²) in [7, 11) is 1.67. The molecular weight excluding hydrogens is 356 g/mol. The van der Waals surface area contributed by atoms with E-state index in [-0.39, 0.29) is 23.3 Å². The molecule has 1 atom stereocenters. The number of likely N-dealkylation sites (N-methyl/N-ethyl adjacent to an activating group) is 1. The van der Waals surface area contributed by atoms with Crippen LogP contribution in [0.15, 0.2) is 48.5 Å². The van der Waals surface area contributed by atoms with Crippen LogP contribution in [0.4, 0.5) is 0 Å². The fraction of sp³-hybridized carbons (Fsp3) is 0.318. The number of aromatic carboxylic acids is 1. The Morgan fingerprint density at radius 1 is 0.964 bits per heavy atom. The van der Waals surface area contributed by atoms with Crippen molar-refractivity contribution in [1.29, 1.82) is 0 Å². The average Bonchev–Trinajstić information content (AvgIpc) is 2.66. The Morgan fingerprint density at radius 2 is 1.50 bits per heavy atom. The Kier molecular flexibility index (Phi) is 6.93. The number of nitrogens with zero attached hydrogens (tertiary/aromatic N) is 1. The van der Waals surface area contributed by atoms with Gasteiger partial charge in [-0.05, 0) is 42.7 Å². The number of carboxylic acids is 1. The minimum atomic E-state index is -0.991. The number of nitrogens with one attached hydrogen (secondary N) is 1. The van der Waals surface area contributed by atoms with E-state index in [0.717, 1.165) is 11.1 Å². The molecule has 2 amide bonds. The summed E-state index contributed by atoms with van der Waals surface area (Å²) in [6, 6.07) is 12.9. The van der Waals surface area contributed by atoms with Crippen LogP contribution in [0.2, 0.25) is 0 Å². The predicted molar refractivity (Wildman–Crippen MR) is 107 cm³/mol. The number of carbonyl (C=O) groups excluding carboxylic acids is 2. The molecule has 1 unspecified atom stereocenters. The minimum Gasteiger partial charge on any atom is -0.478 e. The SMILES string of the molecule is Cc1ccc(C(=O)NC(C(=O)N(C)Cc2ccc(C(=O)O)cc2)C(C)C)cc1. The second-order valence-electron chi connectivity index (χ2n) is 7.26. The minimum absolute atomic E-state index is 0.0845. The maximum atomic E-state index is 12.9. The predicted octanol–water partition coefficient (Wildman–Crippen LogP) is 3.11. The molecule has 0 bridgehead atoms. The van der Waals surface area contributed by atoms with Gasteiger partial charge in [0.1, 0.15) is 6.04 Å². The first kappa shape index (κ1) is 21.2. The number of carboxylic acid groups (broad SMARTS) is 1. The van der Waals surface area contributed by atoms with Crippen LogP contribution in [-0.4, -0.2) is 40.9 Å². The molecule has 0 aromatic heterocycles. The van der Waals surface area contributed by atoms with Gasteiger partial charge >= 0.3 is 5.97 Å². The number of hydrogen-bond donors (Lipinski definition) is 2. The first-order valence-electron chi connectivity index (χ1n) is 9.13. The lowest BCUT2D eigenvalue weighted by molar-refractivity contribution is -0.133. The van der Waals surface area contributed by atoms with Crippen molar-refractivity contribution < 1.29 is 19.5 Å². The molecule has 0 radical (unpaired) electrons. The summed E-state index contributed by atoms with van der Waals surface area (Å²) in [6.07, 6.45) is 0. The quantitative estimate of drug-likeness (QED) is 0.770. The van der Waals surface area contributed by atoms with E-state index in [1.807, 2.05) is 32.9 Å². The van der Waals surface area contributed by atoms with Crippen molar-refractivity contribution in [3.8, 4) is 0 Å². The van der Waals surface area contributed by atoms with Crippen LogP contribution < -0.4 is 5.32 Å². The molecule has 0 heterocycles. The molecule has 2 rings (SSSR count). The van der Waals surface area contributed by atoms with Crippen molar-refractivity contribution in [2.24, 2.45) is 5.92 Å². The lowest BCUT2D eigenvalue weighted by Gasteiger charge is -2.27. The lowest BCUT2D eigenvalue weighted by Crippen LogP contribution is -2.50. The van der Waals surface area contributed by atoms with E-state index in [0.29, 0.717) is 12.1 Å². The normalized spacial score (nSPS) is 11.8. The topological polar surface area (TPSA) is 86.7 Å². The summed E-state index contributed by atoms with van der Waals surface area (Å²) < 4.78 is 0. The summed E-state index contributed by atoms with van der Waals surface area (Å²) in [5.74, 6) is -1.56. The Balaban J connectivity index is 2.07. The third kappa shape index (κ3) is 5.42. The van der Waals surface area contributed by atoms with Gasteiger partial charge < -0.3 is 15.3 Å². The maximum absolute atomic E-state index is 12.9. The molecule has 148 valence electrons. The molecule has 0 saturated heterocycles. The van der Waals surface area contributed by atoms with E-state index in [2.05, 4.69) is 5.32 Å². The Bertz CT molecular complexity index is 842. The highest BCUT2D eigenvalue weighted by molar-refractivity contribution is 5.97. The smallest absolute Gasteiger partial charge is 0.335 e. The second kappa shape index (κ2) is 9.17. The number of hydrogen-bond acceptors (Lipinski definition) is 3. The van der Waals surface area contributed by atoms with Crippen molar-refractivity contribution in [3.63, 3.8) is 0 Å². The van der Waals surface area contributed by atoms with Gasteiger partial charge in [-0.15, -0.1) is 0 Å². The fourth-order valence-corrected chi connectivity index (χ4v) is 2.79. The summed E-state index contributed by atoms with van der Waals surface area (Å²) >= 11 is 0. The molecule has 6 nitrogen and oxygen atoms in total. The zero-order valence-corrected chi connectivity index (χ0v) is 16.6. The third-order valence-electron chi connectivity index (χ3n) is 4.53. The average molecular weight is 382 g/mol.